The second-order valence-corrected chi connectivity index (χ2v) is 4.54. The summed E-state index contributed by atoms with van der Waals surface area (Å²) in [5.74, 6) is 0. The molecule has 2 atom stereocenters. The molecule has 0 aliphatic heterocycles. The van der Waals surface area contributed by atoms with Gasteiger partial charge >= 0.3 is 0 Å². The van der Waals surface area contributed by atoms with E-state index < -0.39 is 12.2 Å². The number of nitrogens with zero attached hydrogens (tertiary/aromatic N) is 1. The highest BCUT2D eigenvalue weighted by atomic mass is 16.3. The first-order valence-corrected chi connectivity index (χ1v) is 4.69. The van der Waals surface area contributed by atoms with Crippen LogP contribution in [0.25, 0.3) is 0 Å². The van der Waals surface area contributed by atoms with E-state index in [2.05, 4.69) is 4.98 Å². The molecule has 14 heavy (non-hydrogen) atoms. The average molecular weight is 195 g/mol. The van der Waals surface area contributed by atoms with Crippen molar-refractivity contribution in [3.8, 4) is 0 Å². The Bertz CT molecular complexity index is 279. The van der Waals surface area contributed by atoms with Crippen LogP contribution in [-0.2, 0) is 0 Å². The molecule has 0 fully saturated rings. The van der Waals surface area contributed by atoms with Gasteiger partial charge in [0, 0.05) is 18.0 Å². The van der Waals surface area contributed by atoms with Crippen molar-refractivity contribution in [2.24, 2.45) is 5.41 Å². The molecule has 0 saturated carbocycles. The Morgan fingerprint density at radius 1 is 1.29 bits per heavy atom. The Kier molecular flexibility index (Phi) is 3.24. The van der Waals surface area contributed by atoms with Crippen molar-refractivity contribution in [3.05, 3.63) is 30.1 Å². The van der Waals surface area contributed by atoms with Crippen LogP contribution in [0.15, 0.2) is 24.5 Å². The van der Waals surface area contributed by atoms with Gasteiger partial charge < -0.3 is 10.2 Å². The monoisotopic (exact) mass is 195 g/mol. The zero-order chi connectivity index (χ0) is 10.8. The number of aromatic nitrogens is 1. The van der Waals surface area contributed by atoms with Crippen LogP contribution in [0, 0.1) is 5.41 Å². The molecule has 1 heterocycles. The third-order valence-electron chi connectivity index (χ3n) is 2.21. The Morgan fingerprint density at radius 3 is 2.36 bits per heavy atom. The summed E-state index contributed by atoms with van der Waals surface area (Å²) in [6.07, 6.45) is 1.55. The van der Waals surface area contributed by atoms with Gasteiger partial charge in [-0.05, 0) is 11.5 Å². The molecule has 0 aliphatic carbocycles. The van der Waals surface area contributed by atoms with Gasteiger partial charge in [-0.25, -0.2) is 0 Å². The van der Waals surface area contributed by atoms with Crippen LogP contribution in [0.5, 0.6) is 0 Å². The number of hydrogen-bond acceptors (Lipinski definition) is 3. The van der Waals surface area contributed by atoms with Gasteiger partial charge in [0.1, 0.15) is 6.10 Å². The minimum Gasteiger partial charge on any atom is -0.390 e. The maximum absolute atomic E-state index is 9.83. The fourth-order valence-electron chi connectivity index (χ4n) is 1.21. The molecule has 3 heteroatoms. The lowest BCUT2D eigenvalue weighted by Crippen LogP contribution is -2.32. The third-order valence-corrected chi connectivity index (χ3v) is 2.21. The van der Waals surface area contributed by atoms with E-state index >= 15 is 0 Å². The van der Waals surface area contributed by atoms with Crippen molar-refractivity contribution in [2.45, 2.75) is 33.0 Å². The van der Waals surface area contributed by atoms with Gasteiger partial charge in [-0.3, -0.25) is 4.98 Å². The summed E-state index contributed by atoms with van der Waals surface area (Å²) in [6, 6.07) is 3.50. The maximum Gasteiger partial charge on any atom is 0.107 e. The van der Waals surface area contributed by atoms with Gasteiger partial charge in [0.15, 0.2) is 0 Å². The van der Waals surface area contributed by atoms with E-state index in [4.69, 9.17) is 0 Å². The predicted molar refractivity (Wildman–Crippen MR) is 54.7 cm³/mol. The van der Waals surface area contributed by atoms with E-state index in [9.17, 15) is 10.2 Å². The minimum absolute atomic E-state index is 0.338. The third kappa shape index (κ3) is 2.53. The average Bonchev–Trinajstić information content (AvgIpc) is 2.15. The number of pyridine rings is 1. The van der Waals surface area contributed by atoms with E-state index in [1.54, 1.807) is 24.5 Å². The minimum atomic E-state index is -0.872. The zero-order valence-corrected chi connectivity index (χ0v) is 8.81. The maximum atomic E-state index is 9.83. The second-order valence-electron chi connectivity index (χ2n) is 4.54. The van der Waals surface area contributed by atoms with Crippen LogP contribution in [0.1, 0.15) is 32.4 Å². The van der Waals surface area contributed by atoms with Crippen molar-refractivity contribution in [3.63, 3.8) is 0 Å². The van der Waals surface area contributed by atoms with Gasteiger partial charge in [0.05, 0.1) is 6.10 Å². The second kappa shape index (κ2) is 4.07. The number of rotatable bonds is 2. The van der Waals surface area contributed by atoms with Crippen LogP contribution < -0.4 is 0 Å². The van der Waals surface area contributed by atoms with Crippen LogP contribution in [-0.4, -0.2) is 21.3 Å². The Labute approximate surface area is 84.4 Å². The predicted octanol–water partition coefficient (Wildman–Crippen LogP) is 1.52. The SMILES string of the molecule is CC(C)(C)C(O)C(O)c1cccnc1. The van der Waals surface area contributed by atoms with Gasteiger partial charge in [-0.15, -0.1) is 0 Å². The van der Waals surface area contributed by atoms with Crippen molar-refractivity contribution < 1.29 is 10.2 Å². The Balaban J connectivity index is 2.81. The van der Waals surface area contributed by atoms with Crippen molar-refractivity contribution in [2.75, 3.05) is 0 Å². The van der Waals surface area contributed by atoms with Crippen LogP contribution in [0.2, 0.25) is 0 Å². The van der Waals surface area contributed by atoms with E-state index in [1.165, 1.54) is 0 Å². The highest BCUT2D eigenvalue weighted by Crippen LogP contribution is 2.29. The molecule has 1 aromatic heterocycles. The van der Waals surface area contributed by atoms with Crippen molar-refractivity contribution in [1.82, 2.24) is 4.98 Å². The molecule has 0 amide bonds. The summed E-state index contributed by atoms with van der Waals surface area (Å²) in [4.78, 5) is 3.90. The molecule has 1 rings (SSSR count). The summed E-state index contributed by atoms with van der Waals surface area (Å²) < 4.78 is 0. The first-order chi connectivity index (χ1) is 6.43. The molecule has 1 aromatic rings. The molecule has 2 unspecified atom stereocenters. The van der Waals surface area contributed by atoms with Gasteiger partial charge in [0.2, 0.25) is 0 Å². The van der Waals surface area contributed by atoms with E-state index in [0.29, 0.717) is 5.56 Å². The molecule has 0 spiro atoms. The Hall–Kier alpha value is -0.930. The number of hydrogen-bond donors (Lipinski definition) is 2. The normalized spacial score (nSPS) is 16.4. The van der Waals surface area contributed by atoms with Gasteiger partial charge in [-0.1, -0.05) is 26.8 Å². The summed E-state index contributed by atoms with van der Waals surface area (Å²) in [6.45, 7) is 5.66. The zero-order valence-electron chi connectivity index (χ0n) is 8.81. The first-order valence-electron chi connectivity index (χ1n) is 4.69. The van der Waals surface area contributed by atoms with Crippen molar-refractivity contribution in [1.29, 1.82) is 0 Å². The summed E-state index contributed by atoms with van der Waals surface area (Å²) in [5.41, 5.74) is 0.310. The van der Waals surface area contributed by atoms with E-state index in [1.807, 2.05) is 20.8 Å². The standard InChI is InChI=1S/C11H17NO2/c1-11(2,3)10(14)9(13)8-5-4-6-12-7-8/h4-7,9-10,13-14H,1-3H3. The molecule has 0 aliphatic rings. The molecule has 3 nitrogen and oxygen atoms in total. The molecule has 2 N–H and O–H groups in total. The quantitative estimate of drug-likeness (QED) is 0.752. The van der Waals surface area contributed by atoms with Crippen LogP contribution >= 0.6 is 0 Å². The van der Waals surface area contributed by atoms with Crippen LogP contribution in [0.3, 0.4) is 0 Å². The lowest BCUT2D eigenvalue weighted by atomic mass is 9.84. The smallest absolute Gasteiger partial charge is 0.107 e. The lowest BCUT2D eigenvalue weighted by molar-refractivity contribution is -0.0459. The highest BCUT2D eigenvalue weighted by Gasteiger charge is 2.29. The molecule has 0 bridgehead atoms. The number of aliphatic hydroxyl groups excluding tert-OH is 2. The topological polar surface area (TPSA) is 53.4 Å². The highest BCUT2D eigenvalue weighted by molar-refractivity contribution is 5.13. The molecule has 0 aromatic carbocycles. The van der Waals surface area contributed by atoms with Crippen LogP contribution in [0.4, 0.5) is 0 Å². The Morgan fingerprint density at radius 2 is 1.93 bits per heavy atom. The largest absolute Gasteiger partial charge is 0.390 e. The van der Waals surface area contributed by atoms with E-state index in [-0.39, 0.29) is 5.41 Å². The number of aliphatic hydroxyl groups is 2. The fraction of sp³-hybridized carbons (Fsp3) is 0.545. The molecular formula is C11H17NO2. The fourth-order valence-corrected chi connectivity index (χ4v) is 1.21. The van der Waals surface area contributed by atoms with E-state index in [0.717, 1.165) is 0 Å². The van der Waals surface area contributed by atoms with Gasteiger partial charge in [0.25, 0.3) is 0 Å². The molecule has 0 radical (unpaired) electrons. The molecule has 78 valence electrons. The van der Waals surface area contributed by atoms with Crippen molar-refractivity contribution >= 4 is 0 Å². The summed E-state index contributed by atoms with van der Waals surface area (Å²) in [5, 5.41) is 19.7. The lowest BCUT2D eigenvalue weighted by Gasteiger charge is -2.29. The first kappa shape index (κ1) is 11.1. The molecule has 0 saturated heterocycles. The molecular weight excluding hydrogens is 178 g/mol. The van der Waals surface area contributed by atoms with Gasteiger partial charge in [-0.2, -0.15) is 0 Å². The summed E-state index contributed by atoms with van der Waals surface area (Å²) >= 11 is 0. The summed E-state index contributed by atoms with van der Waals surface area (Å²) in [7, 11) is 0.